The number of aliphatic hydroxyl groups excluding tert-OH is 2. The minimum absolute atomic E-state index is 0.0589. The van der Waals surface area contributed by atoms with E-state index in [9.17, 15) is 19.8 Å². The zero-order chi connectivity index (χ0) is 26.5. The zero-order valence-corrected chi connectivity index (χ0v) is 21.7. The van der Waals surface area contributed by atoms with Gasteiger partial charge in [0.25, 0.3) is 0 Å². The highest BCUT2D eigenvalue weighted by Crippen LogP contribution is 2.38. The number of nitrogens with one attached hydrogen (secondary N) is 1. The number of ether oxygens (including phenoxy) is 3. The van der Waals surface area contributed by atoms with E-state index in [1.807, 2.05) is 24.3 Å². The van der Waals surface area contributed by atoms with E-state index >= 15 is 0 Å². The SMILES string of the molecule is CO[C@@H]1[C@@H](O)[C@@H](O)[C@H](Oc2ccc3cc(NC(=O)C4Cc5ccccc5S4)c(=O)oc3c2C)OC1(C)C. The van der Waals surface area contributed by atoms with Gasteiger partial charge in [-0.05, 0) is 57.0 Å². The van der Waals surface area contributed by atoms with Crippen molar-refractivity contribution in [2.24, 2.45) is 0 Å². The Morgan fingerprint density at radius 1 is 1.16 bits per heavy atom. The van der Waals surface area contributed by atoms with Gasteiger partial charge in [0.1, 0.15) is 35.3 Å². The first-order valence-corrected chi connectivity index (χ1v) is 12.8. The quantitative estimate of drug-likeness (QED) is 0.429. The van der Waals surface area contributed by atoms with Gasteiger partial charge in [0.05, 0.1) is 10.9 Å². The van der Waals surface area contributed by atoms with Crippen LogP contribution in [-0.4, -0.2) is 58.7 Å². The van der Waals surface area contributed by atoms with Crippen molar-refractivity contribution in [1.29, 1.82) is 0 Å². The van der Waals surface area contributed by atoms with Crippen LogP contribution in [0.4, 0.5) is 5.69 Å². The van der Waals surface area contributed by atoms with Crippen molar-refractivity contribution < 1.29 is 33.6 Å². The molecule has 0 spiro atoms. The highest BCUT2D eigenvalue weighted by molar-refractivity contribution is 8.01. The van der Waals surface area contributed by atoms with Gasteiger partial charge in [0.15, 0.2) is 0 Å². The van der Waals surface area contributed by atoms with Crippen molar-refractivity contribution in [3.8, 4) is 5.75 Å². The van der Waals surface area contributed by atoms with Crippen LogP contribution < -0.4 is 15.7 Å². The summed E-state index contributed by atoms with van der Waals surface area (Å²) in [5, 5.41) is 24.0. The molecule has 0 radical (unpaired) electrons. The number of aryl methyl sites for hydroxylation is 1. The maximum atomic E-state index is 12.9. The topological polar surface area (TPSA) is 127 Å². The lowest BCUT2D eigenvalue weighted by atomic mass is 9.89. The molecule has 3 heterocycles. The summed E-state index contributed by atoms with van der Waals surface area (Å²) in [5.41, 5.74) is 0.344. The van der Waals surface area contributed by atoms with Crippen molar-refractivity contribution in [2.75, 3.05) is 12.4 Å². The molecular formula is C27H29NO8S. The molecular weight excluding hydrogens is 498 g/mol. The summed E-state index contributed by atoms with van der Waals surface area (Å²) in [6.45, 7) is 5.18. The molecule has 1 aromatic heterocycles. The number of thioether (sulfide) groups is 1. The molecule has 0 saturated carbocycles. The number of benzene rings is 2. The normalized spacial score (nSPS) is 26.6. The van der Waals surface area contributed by atoms with E-state index in [1.54, 1.807) is 39.0 Å². The molecule has 37 heavy (non-hydrogen) atoms. The van der Waals surface area contributed by atoms with E-state index in [1.165, 1.54) is 18.9 Å². The fourth-order valence-corrected chi connectivity index (χ4v) is 6.09. The standard InChI is InChI=1S/C27H29NO8S/c1-13-17(34-26-21(30)20(29)23(33-4)27(2,3)36-26)10-9-15-11-16(25(32)35-22(13)15)28-24(31)19-12-14-7-5-6-8-18(14)37-19/h5-11,19-21,23,26,29-30H,12H2,1-4H3,(H,28,31)/t19?,20-,21+,23+,26+/m0/s1. The third-order valence-corrected chi connectivity index (χ3v) is 8.16. The van der Waals surface area contributed by atoms with Crippen LogP contribution in [0, 0.1) is 6.92 Å². The second kappa shape index (κ2) is 9.77. The molecule has 3 aromatic rings. The van der Waals surface area contributed by atoms with E-state index in [0.29, 0.717) is 23.1 Å². The third-order valence-electron chi connectivity index (χ3n) is 6.84. The van der Waals surface area contributed by atoms with Crippen LogP contribution in [0.15, 0.2) is 56.6 Å². The van der Waals surface area contributed by atoms with Crippen molar-refractivity contribution in [2.45, 2.75) is 67.5 Å². The zero-order valence-electron chi connectivity index (χ0n) is 20.9. The van der Waals surface area contributed by atoms with Gasteiger partial charge in [0.2, 0.25) is 12.2 Å². The van der Waals surface area contributed by atoms with Crippen molar-refractivity contribution >= 4 is 34.3 Å². The molecule has 5 atom stereocenters. The fourth-order valence-electron chi connectivity index (χ4n) is 4.89. The van der Waals surface area contributed by atoms with Crippen LogP contribution >= 0.6 is 11.8 Å². The number of rotatable bonds is 5. The van der Waals surface area contributed by atoms with E-state index in [4.69, 9.17) is 18.6 Å². The summed E-state index contributed by atoms with van der Waals surface area (Å²) in [4.78, 5) is 26.7. The van der Waals surface area contributed by atoms with Crippen LogP contribution in [0.3, 0.4) is 0 Å². The van der Waals surface area contributed by atoms with Gasteiger partial charge in [-0.15, -0.1) is 11.8 Å². The van der Waals surface area contributed by atoms with Gasteiger partial charge in [-0.25, -0.2) is 4.79 Å². The smallest absolute Gasteiger partial charge is 0.360 e. The number of methoxy groups -OCH3 is 1. The number of aliphatic hydroxyl groups is 2. The average molecular weight is 528 g/mol. The number of carbonyl (C=O) groups excluding carboxylic acids is 1. The number of fused-ring (bicyclic) bond motifs is 2. The molecule has 196 valence electrons. The second-order valence-corrected chi connectivity index (χ2v) is 11.1. The lowest BCUT2D eigenvalue weighted by Crippen LogP contribution is -2.63. The molecule has 1 saturated heterocycles. The monoisotopic (exact) mass is 527 g/mol. The molecule has 9 nitrogen and oxygen atoms in total. The highest BCUT2D eigenvalue weighted by atomic mass is 32.2. The Balaban J connectivity index is 1.35. The summed E-state index contributed by atoms with van der Waals surface area (Å²) in [5.74, 6) is 0.0546. The van der Waals surface area contributed by atoms with Gasteiger partial charge in [0, 0.05) is 23.0 Å². The molecule has 10 heteroatoms. The van der Waals surface area contributed by atoms with Crippen LogP contribution in [0.5, 0.6) is 5.75 Å². The Bertz CT molecular complexity index is 1380. The molecule has 2 aliphatic rings. The minimum Gasteiger partial charge on any atom is -0.462 e. The first-order chi connectivity index (χ1) is 17.6. The van der Waals surface area contributed by atoms with E-state index in [2.05, 4.69) is 5.32 Å². The van der Waals surface area contributed by atoms with E-state index < -0.39 is 35.8 Å². The number of hydrogen-bond acceptors (Lipinski definition) is 9. The van der Waals surface area contributed by atoms with Crippen LogP contribution in [-0.2, 0) is 20.7 Å². The Labute approximate surface area is 217 Å². The number of anilines is 1. The van der Waals surface area contributed by atoms with Gasteiger partial charge >= 0.3 is 5.63 Å². The maximum Gasteiger partial charge on any atom is 0.360 e. The summed E-state index contributed by atoms with van der Waals surface area (Å²) < 4.78 is 22.7. The summed E-state index contributed by atoms with van der Waals surface area (Å²) in [6.07, 6.45) is -3.92. The third kappa shape index (κ3) is 4.75. The van der Waals surface area contributed by atoms with Gasteiger partial charge in [-0.3, -0.25) is 4.79 Å². The Morgan fingerprint density at radius 2 is 1.92 bits per heavy atom. The van der Waals surface area contributed by atoms with E-state index in [-0.39, 0.29) is 22.4 Å². The molecule has 1 amide bonds. The van der Waals surface area contributed by atoms with Crippen LogP contribution in [0.2, 0.25) is 0 Å². The van der Waals surface area contributed by atoms with Crippen molar-refractivity contribution in [3.05, 3.63) is 64.0 Å². The molecule has 0 aliphatic carbocycles. The average Bonchev–Trinajstić information content (AvgIpc) is 3.30. The lowest BCUT2D eigenvalue weighted by molar-refractivity contribution is -0.306. The molecule has 0 bridgehead atoms. The van der Waals surface area contributed by atoms with Crippen LogP contribution in [0.1, 0.15) is 25.0 Å². The van der Waals surface area contributed by atoms with Gasteiger partial charge < -0.3 is 34.2 Å². The summed E-state index contributed by atoms with van der Waals surface area (Å²) in [7, 11) is 1.44. The van der Waals surface area contributed by atoms with Crippen molar-refractivity contribution in [1.82, 2.24) is 0 Å². The Kier molecular flexibility index (Phi) is 6.80. The summed E-state index contributed by atoms with van der Waals surface area (Å²) in [6, 6.07) is 12.8. The molecule has 1 unspecified atom stereocenters. The molecule has 2 aromatic carbocycles. The van der Waals surface area contributed by atoms with Gasteiger partial charge in [-0.1, -0.05) is 18.2 Å². The lowest BCUT2D eigenvalue weighted by Gasteiger charge is -2.46. The molecule has 2 aliphatic heterocycles. The first-order valence-electron chi connectivity index (χ1n) is 12.0. The molecule has 5 rings (SSSR count). The first kappa shape index (κ1) is 25.7. The number of carbonyl (C=O) groups is 1. The van der Waals surface area contributed by atoms with E-state index in [0.717, 1.165) is 10.5 Å². The summed E-state index contributed by atoms with van der Waals surface area (Å²) >= 11 is 1.48. The van der Waals surface area contributed by atoms with Crippen LogP contribution in [0.25, 0.3) is 11.0 Å². The predicted molar refractivity (Wildman–Crippen MR) is 138 cm³/mol. The Hall–Kier alpha value is -2.89. The maximum absolute atomic E-state index is 12.9. The number of hydrogen-bond donors (Lipinski definition) is 3. The minimum atomic E-state index is -1.36. The Morgan fingerprint density at radius 3 is 2.65 bits per heavy atom. The molecule has 3 N–H and O–H groups in total. The molecule has 1 fully saturated rings. The predicted octanol–water partition coefficient (Wildman–Crippen LogP) is 3.01. The second-order valence-electron chi connectivity index (χ2n) is 9.81. The largest absolute Gasteiger partial charge is 0.462 e. The number of amides is 1. The van der Waals surface area contributed by atoms with Gasteiger partial charge in [-0.2, -0.15) is 0 Å². The fraction of sp³-hybridized carbons (Fsp3) is 0.407. The van der Waals surface area contributed by atoms with Crippen molar-refractivity contribution in [3.63, 3.8) is 0 Å². The highest BCUT2D eigenvalue weighted by Gasteiger charge is 2.50.